The van der Waals surface area contributed by atoms with Crippen molar-refractivity contribution in [1.29, 1.82) is 0 Å². The van der Waals surface area contributed by atoms with Gasteiger partial charge >= 0.3 is 0 Å². The van der Waals surface area contributed by atoms with Crippen LogP contribution in [0.3, 0.4) is 0 Å². The van der Waals surface area contributed by atoms with E-state index in [0.29, 0.717) is 6.42 Å². The number of alkyl halides is 1. The normalized spacial score (nSPS) is 15.1. The molecule has 1 rings (SSSR count). The van der Waals surface area contributed by atoms with E-state index in [1.165, 1.54) is 5.56 Å². The minimum absolute atomic E-state index is 0.0720. The lowest BCUT2D eigenvalue weighted by atomic mass is 9.97. The third kappa shape index (κ3) is 3.11. The SMILES string of the molecule is CCc1ccc(CC(C)(F)CN)cc1. The van der Waals surface area contributed by atoms with Crippen LogP contribution in [0.4, 0.5) is 4.39 Å². The molecule has 78 valence electrons. The van der Waals surface area contributed by atoms with Gasteiger partial charge in [-0.15, -0.1) is 0 Å². The van der Waals surface area contributed by atoms with Crippen LogP contribution in [-0.4, -0.2) is 12.2 Å². The molecule has 14 heavy (non-hydrogen) atoms. The maximum Gasteiger partial charge on any atom is 0.124 e. The summed E-state index contributed by atoms with van der Waals surface area (Å²) in [6.07, 6.45) is 1.41. The second kappa shape index (κ2) is 4.56. The van der Waals surface area contributed by atoms with E-state index >= 15 is 0 Å². The number of aryl methyl sites for hydroxylation is 1. The van der Waals surface area contributed by atoms with Gasteiger partial charge < -0.3 is 5.73 Å². The predicted octanol–water partition coefficient (Wildman–Crippen LogP) is 2.48. The van der Waals surface area contributed by atoms with Crippen LogP contribution in [-0.2, 0) is 12.8 Å². The van der Waals surface area contributed by atoms with Crippen LogP contribution in [0, 0.1) is 0 Å². The van der Waals surface area contributed by atoms with Crippen molar-refractivity contribution in [1.82, 2.24) is 0 Å². The Bertz CT molecular complexity index is 277. The molecule has 2 heteroatoms. The Hall–Kier alpha value is -0.890. The van der Waals surface area contributed by atoms with Crippen LogP contribution < -0.4 is 5.73 Å². The first-order valence-electron chi connectivity index (χ1n) is 5.04. The molecule has 0 amide bonds. The van der Waals surface area contributed by atoms with Gasteiger partial charge in [0.1, 0.15) is 5.67 Å². The van der Waals surface area contributed by atoms with Crippen LogP contribution in [0.2, 0.25) is 0 Å². The lowest BCUT2D eigenvalue weighted by molar-refractivity contribution is 0.200. The number of benzene rings is 1. The summed E-state index contributed by atoms with van der Waals surface area (Å²) in [6, 6.07) is 8.04. The number of nitrogens with two attached hydrogens (primary N) is 1. The molecule has 0 aliphatic rings. The van der Waals surface area contributed by atoms with Gasteiger partial charge in [-0.1, -0.05) is 31.2 Å². The summed E-state index contributed by atoms with van der Waals surface area (Å²) in [6.45, 7) is 3.72. The fourth-order valence-electron chi connectivity index (χ4n) is 1.39. The quantitative estimate of drug-likeness (QED) is 0.784. The molecule has 1 aromatic rings. The van der Waals surface area contributed by atoms with E-state index in [1.807, 2.05) is 24.3 Å². The first kappa shape index (κ1) is 11.2. The van der Waals surface area contributed by atoms with E-state index in [0.717, 1.165) is 12.0 Å². The number of halogens is 1. The van der Waals surface area contributed by atoms with Crippen LogP contribution in [0.15, 0.2) is 24.3 Å². The molecule has 2 N–H and O–H groups in total. The van der Waals surface area contributed by atoms with Gasteiger partial charge in [0.15, 0.2) is 0 Å². The van der Waals surface area contributed by atoms with Crippen molar-refractivity contribution < 1.29 is 4.39 Å². The standard InChI is InChI=1S/C12H18FN/c1-3-10-4-6-11(7-5-10)8-12(2,13)9-14/h4-7H,3,8-9,14H2,1-2H3. The Balaban J connectivity index is 2.69. The largest absolute Gasteiger partial charge is 0.328 e. The summed E-state index contributed by atoms with van der Waals surface area (Å²) in [4.78, 5) is 0. The minimum atomic E-state index is -1.28. The summed E-state index contributed by atoms with van der Waals surface area (Å²) in [5, 5.41) is 0. The van der Waals surface area contributed by atoms with E-state index in [4.69, 9.17) is 5.73 Å². The summed E-state index contributed by atoms with van der Waals surface area (Å²) in [7, 11) is 0. The van der Waals surface area contributed by atoms with Gasteiger partial charge in [-0.05, 0) is 24.5 Å². The summed E-state index contributed by atoms with van der Waals surface area (Å²) >= 11 is 0. The molecule has 0 fully saturated rings. The molecule has 0 radical (unpaired) electrons. The summed E-state index contributed by atoms with van der Waals surface area (Å²) < 4.78 is 13.6. The number of rotatable bonds is 4. The Labute approximate surface area is 85.1 Å². The third-order valence-electron chi connectivity index (χ3n) is 2.43. The summed E-state index contributed by atoms with van der Waals surface area (Å²) in [5.41, 5.74) is 6.34. The Morgan fingerprint density at radius 1 is 1.21 bits per heavy atom. The highest BCUT2D eigenvalue weighted by Crippen LogP contribution is 2.16. The Kier molecular flexibility index (Phi) is 3.64. The smallest absolute Gasteiger partial charge is 0.124 e. The monoisotopic (exact) mass is 195 g/mol. The lowest BCUT2D eigenvalue weighted by Gasteiger charge is -2.17. The van der Waals surface area contributed by atoms with Crippen molar-refractivity contribution in [3.8, 4) is 0 Å². The van der Waals surface area contributed by atoms with E-state index in [-0.39, 0.29) is 6.54 Å². The van der Waals surface area contributed by atoms with Crippen molar-refractivity contribution >= 4 is 0 Å². The zero-order valence-corrected chi connectivity index (χ0v) is 8.89. The second-order valence-electron chi connectivity index (χ2n) is 3.96. The third-order valence-corrected chi connectivity index (χ3v) is 2.43. The number of hydrogen-bond donors (Lipinski definition) is 1. The average molecular weight is 195 g/mol. The molecule has 0 bridgehead atoms. The molecule has 0 saturated heterocycles. The lowest BCUT2D eigenvalue weighted by Crippen LogP contribution is -2.31. The van der Waals surface area contributed by atoms with Crippen LogP contribution in [0.25, 0.3) is 0 Å². The molecule has 0 saturated carbocycles. The zero-order chi connectivity index (χ0) is 10.6. The molecule has 0 aliphatic heterocycles. The maximum atomic E-state index is 13.6. The molecule has 1 atom stereocenters. The van der Waals surface area contributed by atoms with Gasteiger partial charge in [0.25, 0.3) is 0 Å². The highest BCUT2D eigenvalue weighted by molar-refractivity contribution is 5.23. The van der Waals surface area contributed by atoms with Crippen LogP contribution >= 0.6 is 0 Å². The predicted molar refractivity (Wildman–Crippen MR) is 58.1 cm³/mol. The molecule has 1 unspecified atom stereocenters. The first-order valence-corrected chi connectivity index (χ1v) is 5.04. The molecule has 0 heterocycles. The summed E-state index contributed by atoms with van der Waals surface area (Å²) in [5.74, 6) is 0. The molecule has 1 nitrogen and oxygen atoms in total. The van der Waals surface area contributed by atoms with Gasteiger partial charge in [0, 0.05) is 13.0 Å². The van der Waals surface area contributed by atoms with Crippen molar-refractivity contribution in [3.05, 3.63) is 35.4 Å². The number of hydrogen-bond acceptors (Lipinski definition) is 1. The van der Waals surface area contributed by atoms with Crippen molar-refractivity contribution in [2.45, 2.75) is 32.4 Å². The fourth-order valence-corrected chi connectivity index (χ4v) is 1.39. The molecule has 0 aromatic heterocycles. The first-order chi connectivity index (χ1) is 6.57. The van der Waals surface area contributed by atoms with Gasteiger partial charge in [-0.2, -0.15) is 0 Å². The topological polar surface area (TPSA) is 26.0 Å². The fraction of sp³-hybridized carbons (Fsp3) is 0.500. The highest BCUT2D eigenvalue weighted by atomic mass is 19.1. The average Bonchev–Trinajstić information content (AvgIpc) is 2.19. The van der Waals surface area contributed by atoms with E-state index < -0.39 is 5.67 Å². The Morgan fingerprint density at radius 3 is 2.14 bits per heavy atom. The highest BCUT2D eigenvalue weighted by Gasteiger charge is 2.20. The van der Waals surface area contributed by atoms with Gasteiger partial charge in [-0.3, -0.25) is 0 Å². The van der Waals surface area contributed by atoms with Crippen molar-refractivity contribution in [2.24, 2.45) is 5.73 Å². The van der Waals surface area contributed by atoms with Crippen molar-refractivity contribution in [2.75, 3.05) is 6.54 Å². The van der Waals surface area contributed by atoms with Crippen LogP contribution in [0.5, 0.6) is 0 Å². The molecule has 0 aliphatic carbocycles. The van der Waals surface area contributed by atoms with E-state index in [2.05, 4.69) is 6.92 Å². The van der Waals surface area contributed by atoms with Crippen LogP contribution in [0.1, 0.15) is 25.0 Å². The van der Waals surface area contributed by atoms with Gasteiger partial charge in [0.05, 0.1) is 0 Å². The minimum Gasteiger partial charge on any atom is -0.328 e. The second-order valence-corrected chi connectivity index (χ2v) is 3.96. The van der Waals surface area contributed by atoms with Gasteiger partial charge in [-0.25, -0.2) is 4.39 Å². The molecule has 0 spiro atoms. The zero-order valence-electron chi connectivity index (χ0n) is 8.89. The maximum absolute atomic E-state index is 13.6. The molecular formula is C12H18FN. The van der Waals surface area contributed by atoms with E-state index in [9.17, 15) is 4.39 Å². The molecular weight excluding hydrogens is 177 g/mol. The molecule has 1 aromatic carbocycles. The van der Waals surface area contributed by atoms with Crippen molar-refractivity contribution in [3.63, 3.8) is 0 Å². The van der Waals surface area contributed by atoms with Gasteiger partial charge in [0.2, 0.25) is 0 Å². The Morgan fingerprint density at radius 2 is 1.71 bits per heavy atom. The van der Waals surface area contributed by atoms with E-state index in [1.54, 1.807) is 6.92 Å².